The Morgan fingerprint density at radius 3 is 2.80 bits per heavy atom. The average molecular weight is 212 g/mol. The molecule has 0 spiro atoms. The van der Waals surface area contributed by atoms with Crippen LogP contribution in [0.2, 0.25) is 0 Å². The van der Waals surface area contributed by atoms with Crippen molar-refractivity contribution < 1.29 is 14.7 Å². The molecule has 0 aromatic rings. The van der Waals surface area contributed by atoms with Gasteiger partial charge in [0.05, 0.1) is 18.7 Å². The lowest BCUT2D eigenvalue weighted by Crippen LogP contribution is -2.65. The van der Waals surface area contributed by atoms with Crippen LogP contribution in [0.1, 0.15) is 26.2 Å². The zero-order valence-electron chi connectivity index (χ0n) is 8.82. The Labute approximate surface area is 88.4 Å². The zero-order valence-corrected chi connectivity index (χ0v) is 8.82. The third-order valence-corrected chi connectivity index (χ3v) is 3.23. The molecular formula is C10H16N2O3. The van der Waals surface area contributed by atoms with Gasteiger partial charge in [-0.25, -0.2) is 0 Å². The number of aliphatic hydroxyl groups is 1. The van der Waals surface area contributed by atoms with Crippen molar-refractivity contribution in [3.05, 3.63) is 0 Å². The number of hydrogen-bond acceptors (Lipinski definition) is 3. The smallest absolute Gasteiger partial charge is 0.245 e. The highest BCUT2D eigenvalue weighted by atomic mass is 16.3. The minimum absolute atomic E-state index is 0.0559. The Kier molecular flexibility index (Phi) is 2.42. The van der Waals surface area contributed by atoms with Gasteiger partial charge in [0.15, 0.2) is 0 Å². The molecule has 5 nitrogen and oxygen atoms in total. The first kappa shape index (κ1) is 10.4. The maximum atomic E-state index is 11.8. The third kappa shape index (κ3) is 1.84. The molecule has 15 heavy (non-hydrogen) atoms. The van der Waals surface area contributed by atoms with Gasteiger partial charge in [0.1, 0.15) is 6.04 Å². The van der Waals surface area contributed by atoms with Crippen molar-refractivity contribution in [1.82, 2.24) is 10.2 Å². The van der Waals surface area contributed by atoms with Crippen LogP contribution in [0.25, 0.3) is 0 Å². The van der Waals surface area contributed by atoms with E-state index in [1.807, 2.05) is 6.92 Å². The van der Waals surface area contributed by atoms with E-state index in [9.17, 15) is 14.7 Å². The number of rotatable bonds is 2. The lowest BCUT2D eigenvalue weighted by molar-refractivity contribution is -0.157. The number of β-amino-alcohol motifs (C(OH)–C–C–N with tert-alkyl or cyclic N) is 1. The van der Waals surface area contributed by atoms with Gasteiger partial charge < -0.3 is 15.3 Å². The number of nitrogens with zero attached hydrogens (tertiary/aromatic N) is 1. The van der Waals surface area contributed by atoms with Gasteiger partial charge in [0, 0.05) is 6.42 Å². The highest BCUT2D eigenvalue weighted by molar-refractivity contribution is 5.91. The van der Waals surface area contributed by atoms with Gasteiger partial charge >= 0.3 is 0 Å². The molecule has 2 saturated heterocycles. The molecule has 2 aliphatic rings. The van der Waals surface area contributed by atoms with Crippen molar-refractivity contribution in [2.75, 3.05) is 13.1 Å². The largest absolute Gasteiger partial charge is 0.386 e. The van der Waals surface area contributed by atoms with Crippen molar-refractivity contribution in [1.29, 1.82) is 0 Å². The van der Waals surface area contributed by atoms with Gasteiger partial charge in [0.2, 0.25) is 11.8 Å². The molecule has 2 N–H and O–H groups in total. The molecule has 0 aliphatic carbocycles. The number of carbonyl (C=O) groups excluding carboxylic acids is 2. The van der Waals surface area contributed by atoms with E-state index in [0.29, 0.717) is 32.4 Å². The lowest BCUT2D eigenvalue weighted by Gasteiger charge is -2.46. The highest BCUT2D eigenvalue weighted by Gasteiger charge is 2.44. The van der Waals surface area contributed by atoms with E-state index in [2.05, 4.69) is 5.32 Å². The molecule has 0 aromatic heterocycles. The van der Waals surface area contributed by atoms with Crippen LogP contribution in [-0.2, 0) is 9.59 Å². The average Bonchev–Trinajstić information content (AvgIpc) is 2.59. The zero-order chi connectivity index (χ0) is 11.1. The van der Waals surface area contributed by atoms with Crippen LogP contribution < -0.4 is 5.32 Å². The maximum Gasteiger partial charge on any atom is 0.245 e. The fraction of sp³-hybridized carbons (Fsp3) is 0.800. The minimum atomic E-state index is -0.696. The van der Waals surface area contributed by atoms with E-state index in [1.54, 1.807) is 4.90 Å². The molecule has 5 heteroatoms. The molecule has 0 aromatic carbocycles. The summed E-state index contributed by atoms with van der Waals surface area (Å²) in [4.78, 5) is 24.3. The number of amides is 2. The second-order valence-corrected chi connectivity index (χ2v) is 4.43. The van der Waals surface area contributed by atoms with Gasteiger partial charge in [-0.3, -0.25) is 9.59 Å². The molecule has 0 saturated carbocycles. The van der Waals surface area contributed by atoms with E-state index in [1.165, 1.54) is 0 Å². The van der Waals surface area contributed by atoms with Crippen LogP contribution >= 0.6 is 0 Å². The summed E-state index contributed by atoms with van der Waals surface area (Å²) < 4.78 is 0. The maximum absolute atomic E-state index is 11.8. The van der Waals surface area contributed by atoms with E-state index in [0.717, 1.165) is 0 Å². The van der Waals surface area contributed by atoms with Crippen LogP contribution in [-0.4, -0.2) is 46.6 Å². The van der Waals surface area contributed by atoms with E-state index in [-0.39, 0.29) is 17.9 Å². The quantitative estimate of drug-likeness (QED) is 0.632. The SMILES string of the molecule is CCC1(O)CN(C(=O)[C@@H]2CCC(=O)N2)C1. The summed E-state index contributed by atoms with van der Waals surface area (Å²) in [6.45, 7) is 2.70. The second kappa shape index (κ2) is 3.48. The van der Waals surface area contributed by atoms with Crippen molar-refractivity contribution in [3.8, 4) is 0 Å². The monoisotopic (exact) mass is 212 g/mol. The molecule has 2 amide bonds. The van der Waals surface area contributed by atoms with Gasteiger partial charge in [-0.15, -0.1) is 0 Å². The fourth-order valence-corrected chi connectivity index (χ4v) is 2.06. The Hall–Kier alpha value is -1.10. The van der Waals surface area contributed by atoms with Gasteiger partial charge in [-0.1, -0.05) is 6.92 Å². The summed E-state index contributed by atoms with van der Waals surface area (Å²) in [5.74, 6) is -0.112. The molecule has 0 bridgehead atoms. The van der Waals surface area contributed by atoms with Crippen molar-refractivity contribution in [3.63, 3.8) is 0 Å². The summed E-state index contributed by atoms with van der Waals surface area (Å²) in [7, 11) is 0. The molecule has 1 atom stereocenters. The third-order valence-electron chi connectivity index (χ3n) is 3.23. The predicted molar refractivity (Wildman–Crippen MR) is 53.0 cm³/mol. The summed E-state index contributed by atoms with van der Waals surface area (Å²) in [6.07, 6.45) is 1.68. The van der Waals surface area contributed by atoms with Crippen LogP contribution in [0.15, 0.2) is 0 Å². The molecule has 2 heterocycles. The number of hydrogen-bond donors (Lipinski definition) is 2. The Balaban J connectivity index is 1.86. The topological polar surface area (TPSA) is 69.6 Å². The number of nitrogens with one attached hydrogen (secondary N) is 1. The Morgan fingerprint density at radius 2 is 2.33 bits per heavy atom. The predicted octanol–water partition coefficient (Wildman–Crippen LogP) is -0.752. The van der Waals surface area contributed by atoms with Crippen LogP contribution in [0.4, 0.5) is 0 Å². The molecule has 2 fully saturated rings. The van der Waals surface area contributed by atoms with E-state index >= 15 is 0 Å². The van der Waals surface area contributed by atoms with Crippen LogP contribution in [0.3, 0.4) is 0 Å². The standard InChI is InChI=1S/C10H16N2O3/c1-2-10(15)5-12(6-10)9(14)7-3-4-8(13)11-7/h7,15H,2-6H2,1H3,(H,11,13)/t7-/m0/s1. The Morgan fingerprint density at radius 1 is 1.67 bits per heavy atom. The Bertz CT molecular complexity index is 297. The van der Waals surface area contributed by atoms with Crippen LogP contribution in [0.5, 0.6) is 0 Å². The van der Waals surface area contributed by atoms with Crippen LogP contribution in [0, 0.1) is 0 Å². The number of carbonyl (C=O) groups is 2. The van der Waals surface area contributed by atoms with Gasteiger partial charge in [-0.05, 0) is 12.8 Å². The van der Waals surface area contributed by atoms with Crippen molar-refractivity contribution in [2.45, 2.75) is 37.8 Å². The van der Waals surface area contributed by atoms with Crippen molar-refractivity contribution in [2.24, 2.45) is 0 Å². The summed E-state index contributed by atoms with van der Waals surface area (Å²) in [5, 5.41) is 12.4. The van der Waals surface area contributed by atoms with Crippen molar-refractivity contribution >= 4 is 11.8 Å². The first-order valence-electron chi connectivity index (χ1n) is 5.34. The first-order chi connectivity index (χ1) is 7.04. The lowest BCUT2D eigenvalue weighted by atomic mass is 9.90. The molecular weight excluding hydrogens is 196 g/mol. The molecule has 84 valence electrons. The van der Waals surface area contributed by atoms with Gasteiger partial charge in [0.25, 0.3) is 0 Å². The first-order valence-corrected chi connectivity index (χ1v) is 5.34. The normalized spacial score (nSPS) is 28.5. The van der Waals surface area contributed by atoms with E-state index in [4.69, 9.17) is 0 Å². The highest BCUT2D eigenvalue weighted by Crippen LogP contribution is 2.25. The molecule has 2 aliphatic heterocycles. The van der Waals surface area contributed by atoms with Gasteiger partial charge in [-0.2, -0.15) is 0 Å². The molecule has 0 radical (unpaired) electrons. The summed E-state index contributed by atoms with van der Waals surface area (Å²) in [5.41, 5.74) is -0.696. The molecule has 0 unspecified atom stereocenters. The second-order valence-electron chi connectivity index (χ2n) is 4.43. The van der Waals surface area contributed by atoms with E-state index < -0.39 is 5.60 Å². The summed E-state index contributed by atoms with van der Waals surface area (Å²) in [6, 6.07) is -0.362. The minimum Gasteiger partial charge on any atom is -0.386 e. The number of likely N-dealkylation sites (tertiary alicyclic amines) is 1. The molecule has 2 rings (SSSR count). The summed E-state index contributed by atoms with van der Waals surface area (Å²) >= 11 is 0. The fourth-order valence-electron chi connectivity index (χ4n) is 2.06.